The highest BCUT2D eigenvalue weighted by molar-refractivity contribution is 9.10. The van der Waals surface area contributed by atoms with E-state index >= 15 is 0 Å². The number of alkyl halides is 3. The lowest BCUT2D eigenvalue weighted by atomic mass is 9.82. The van der Waals surface area contributed by atoms with Crippen LogP contribution in [0.15, 0.2) is 87.1 Å². The van der Waals surface area contributed by atoms with Crippen molar-refractivity contribution in [3.05, 3.63) is 103 Å². The number of thiazole rings is 1. The van der Waals surface area contributed by atoms with E-state index in [0.717, 1.165) is 44.6 Å². The summed E-state index contributed by atoms with van der Waals surface area (Å²) in [6, 6.07) is 18.0. The lowest BCUT2D eigenvalue weighted by molar-refractivity contribution is -0.137. The van der Waals surface area contributed by atoms with Gasteiger partial charge >= 0.3 is 11.0 Å². The number of halogens is 4. The van der Waals surface area contributed by atoms with Gasteiger partial charge in [0.15, 0.2) is 0 Å². The van der Waals surface area contributed by atoms with E-state index in [4.69, 9.17) is 4.74 Å². The molecule has 0 spiro atoms. The lowest BCUT2D eigenvalue weighted by Crippen LogP contribution is -2.33. The molecule has 8 nitrogen and oxygen atoms in total. The van der Waals surface area contributed by atoms with Gasteiger partial charge in [-0.25, -0.2) is 4.90 Å². The number of rotatable bonds is 6. The third-order valence-electron chi connectivity index (χ3n) is 7.38. The topological polar surface area (TPSA) is 97.7 Å². The highest BCUT2D eigenvalue weighted by atomic mass is 79.9. The van der Waals surface area contributed by atoms with Gasteiger partial charge in [0, 0.05) is 26.5 Å². The van der Waals surface area contributed by atoms with Crippen LogP contribution in [0.4, 0.5) is 24.5 Å². The second-order valence-corrected chi connectivity index (χ2v) is 13.1. The molecule has 4 aromatic rings. The molecule has 1 aromatic heterocycles. The summed E-state index contributed by atoms with van der Waals surface area (Å²) in [5.41, 5.74) is -0.00461. The maximum atomic E-state index is 14.0. The van der Waals surface area contributed by atoms with Crippen molar-refractivity contribution in [3.8, 4) is 5.75 Å². The van der Waals surface area contributed by atoms with E-state index in [-0.39, 0.29) is 5.69 Å². The smallest absolute Gasteiger partial charge is 0.416 e. The molecule has 2 aliphatic heterocycles. The number of carbonyl (C=O) groups is 3. The largest absolute Gasteiger partial charge is 0.496 e. The molecule has 6 rings (SSSR count). The third-order valence-corrected chi connectivity index (χ3v) is 10.5. The number of anilines is 2. The molecule has 226 valence electrons. The van der Waals surface area contributed by atoms with Crippen molar-refractivity contribution in [1.29, 1.82) is 0 Å². The predicted octanol–water partition coefficient (Wildman–Crippen LogP) is 6.13. The van der Waals surface area contributed by atoms with E-state index in [1.165, 1.54) is 23.8 Å². The highest BCUT2D eigenvalue weighted by Gasteiger charge is 2.57. The Morgan fingerprint density at radius 1 is 1.00 bits per heavy atom. The van der Waals surface area contributed by atoms with Crippen LogP contribution in [-0.2, 0) is 27.1 Å². The Morgan fingerprint density at radius 3 is 2.43 bits per heavy atom. The molecule has 0 radical (unpaired) electrons. The van der Waals surface area contributed by atoms with Gasteiger partial charge in [-0.1, -0.05) is 63.3 Å². The number of ether oxygens (including phenoxy) is 1. The van der Waals surface area contributed by atoms with Crippen LogP contribution in [0.3, 0.4) is 0 Å². The van der Waals surface area contributed by atoms with E-state index in [0.29, 0.717) is 26.9 Å². The number of thioether (sulfide) groups is 1. The molecule has 14 heteroatoms. The monoisotopic (exact) mass is 703 g/mol. The van der Waals surface area contributed by atoms with Crippen molar-refractivity contribution < 1.29 is 32.3 Å². The number of benzene rings is 3. The van der Waals surface area contributed by atoms with E-state index < -0.39 is 58.0 Å². The van der Waals surface area contributed by atoms with E-state index in [9.17, 15) is 32.3 Å². The molecule has 1 N–H and O–H groups in total. The van der Waals surface area contributed by atoms with Crippen molar-refractivity contribution >= 4 is 68.1 Å². The zero-order chi connectivity index (χ0) is 31.3. The van der Waals surface area contributed by atoms with Crippen LogP contribution in [0.25, 0.3) is 0 Å². The highest BCUT2D eigenvalue weighted by Crippen LogP contribution is 2.55. The molecule has 0 aliphatic carbocycles. The number of fused-ring (bicyclic) bond motifs is 2. The number of amides is 3. The van der Waals surface area contributed by atoms with Gasteiger partial charge in [-0.2, -0.15) is 13.2 Å². The van der Waals surface area contributed by atoms with Gasteiger partial charge in [0.05, 0.1) is 29.3 Å². The summed E-state index contributed by atoms with van der Waals surface area (Å²) in [5.74, 6) is -2.76. The summed E-state index contributed by atoms with van der Waals surface area (Å²) in [4.78, 5) is 55.4. The minimum atomic E-state index is -4.60. The fraction of sp³-hybridized carbons (Fsp3) is 0.200. The molecule has 3 amide bonds. The van der Waals surface area contributed by atoms with Crippen molar-refractivity contribution in [3.63, 3.8) is 0 Å². The van der Waals surface area contributed by atoms with Crippen molar-refractivity contribution in [2.24, 2.45) is 5.92 Å². The van der Waals surface area contributed by atoms with Crippen molar-refractivity contribution in [1.82, 2.24) is 4.57 Å². The first-order valence-electron chi connectivity index (χ1n) is 13.1. The van der Waals surface area contributed by atoms with Gasteiger partial charge in [-0.05, 0) is 48.5 Å². The Labute approximate surface area is 265 Å². The van der Waals surface area contributed by atoms with Gasteiger partial charge in [-0.3, -0.25) is 23.7 Å². The zero-order valence-electron chi connectivity index (χ0n) is 22.6. The fourth-order valence-electron chi connectivity index (χ4n) is 5.48. The summed E-state index contributed by atoms with van der Waals surface area (Å²) >= 11 is 5.26. The first-order chi connectivity index (χ1) is 21.0. The quantitative estimate of drug-likeness (QED) is 0.243. The number of aromatic nitrogens is 1. The van der Waals surface area contributed by atoms with E-state index in [1.54, 1.807) is 48.5 Å². The van der Waals surface area contributed by atoms with E-state index in [1.807, 2.05) is 0 Å². The van der Waals surface area contributed by atoms with E-state index in [2.05, 4.69) is 21.2 Å². The third kappa shape index (κ3) is 5.35. The first-order valence-corrected chi connectivity index (χ1v) is 15.6. The molecular weight excluding hydrogens is 683 g/mol. The number of nitrogens with one attached hydrogen (secondary N) is 1. The Morgan fingerprint density at radius 2 is 1.73 bits per heavy atom. The average molecular weight is 705 g/mol. The summed E-state index contributed by atoms with van der Waals surface area (Å²) < 4.78 is 47.1. The molecule has 0 bridgehead atoms. The van der Waals surface area contributed by atoms with Crippen LogP contribution in [0, 0.1) is 5.92 Å². The molecule has 3 aromatic carbocycles. The molecule has 2 aliphatic rings. The molecule has 3 heterocycles. The van der Waals surface area contributed by atoms with Crippen molar-refractivity contribution in [2.45, 2.75) is 28.9 Å². The number of hydrogen-bond donors (Lipinski definition) is 1. The van der Waals surface area contributed by atoms with Crippen LogP contribution in [0.2, 0.25) is 0 Å². The minimum Gasteiger partial charge on any atom is -0.496 e. The summed E-state index contributed by atoms with van der Waals surface area (Å²) in [7, 11) is 1.48. The van der Waals surface area contributed by atoms with Gasteiger partial charge in [-0.15, -0.1) is 0 Å². The molecule has 1 fully saturated rings. The number of methoxy groups -OCH3 is 1. The summed E-state index contributed by atoms with van der Waals surface area (Å²) in [6.07, 6.45) is -4.60. The SMILES string of the molecule is COc1ccccc1C1c2sc(=O)n(CC(=O)Nc3cccc(C(F)(F)F)c3)c2SC2C(=O)N(c3ccc(Br)cc3)C(=O)C21. The van der Waals surface area contributed by atoms with Crippen LogP contribution >= 0.6 is 39.0 Å². The van der Waals surface area contributed by atoms with Crippen LogP contribution < -0.4 is 19.8 Å². The number of carbonyl (C=O) groups excluding carboxylic acids is 3. The average Bonchev–Trinajstić information content (AvgIpc) is 3.43. The van der Waals surface area contributed by atoms with Gasteiger partial charge in [0.25, 0.3) is 0 Å². The van der Waals surface area contributed by atoms with Crippen LogP contribution in [0.1, 0.15) is 21.9 Å². The Bertz CT molecular complexity index is 1860. The Balaban J connectivity index is 1.40. The molecule has 3 atom stereocenters. The number of hydrogen-bond acceptors (Lipinski definition) is 7. The summed E-state index contributed by atoms with van der Waals surface area (Å²) in [6.45, 7) is -0.511. The van der Waals surface area contributed by atoms with Gasteiger partial charge < -0.3 is 10.1 Å². The van der Waals surface area contributed by atoms with Crippen molar-refractivity contribution in [2.75, 3.05) is 17.3 Å². The summed E-state index contributed by atoms with van der Waals surface area (Å²) in [5, 5.41) is 1.85. The molecule has 44 heavy (non-hydrogen) atoms. The maximum absolute atomic E-state index is 14.0. The number of para-hydroxylation sites is 1. The fourth-order valence-corrected chi connectivity index (χ4v) is 8.50. The molecular formula is C30H21BrF3N3O5S2. The normalized spacial score (nSPS) is 19.5. The lowest BCUT2D eigenvalue weighted by Gasteiger charge is -2.31. The molecule has 1 saturated heterocycles. The second-order valence-electron chi connectivity index (χ2n) is 10.0. The van der Waals surface area contributed by atoms with Gasteiger partial charge in [0.2, 0.25) is 17.7 Å². The minimum absolute atomic E-state index is 0.0803. The Kier molecular flexibility index (Phi) is 7.92. The second kappa shape index (κ2) is 11.6. The predicted molar refractivity (Wildman–Crippen MR) is 163 cm³/mol. The first kappa shape index (κ1) is 30.2. The van der Waals surface area contributed by atoms with Crippen LogP contribution in [-0.4, -0.2) is 34.6 Å². The van der Waals surface area contributed by atoms with Crippen LogP contribution in [0.5, 0.6) is 5.75 Å². The number of imide groups is 1. The molecule has 3 unspecified atom stereocenters. The standard InChI is InChI=1S/C30H21BrF3N3O5S2/c1-42-20-8-3-2-7-19(20)22-23-24(27(40)37(26(23)39)18-11-9-16(31)10-12-18)43-28-25(22)44-29(41)36(28)14-21(38)35-17-6-4-5-15(13-17)30(32,33)34/h2-13,22-24H,14H2,1H3,(H,35,38). The van der Waals surface area contributed by atoms with Gasteiger partial charge in [0.1, 0.15) is 17.5 Å². The zero-order valence-corrected chi connectivity index (χ0v) is 25.9. The maximum Gasteiger partial charge on any atom is 0.416 e. The number of nitrogens with zero attached hydrogens (tertiary/aromatic N) is 2. The Hall–Kier alpha value is -3.88. The molecule has 0 saturated carbocycles.